The molecule has 0 spiro atoms. The largest absolute Gasteiger partial charge is 0.493 e. The molecule has 1 aromatic rings. The van der Waals surface area contributed by atoms with Crippen LogP contribution in [0.15, 0.2) is 18.2 Å². The number of rotatable bonds is 6. The Morgan fingerprint density at radius 1 is 1.00 bits per heavy atom. The van der Waals surface area contributed by atoms with Gasteiger partial charge in [0.15, 0.2) is 18.1 Å². The van der Waals surface area contributed by atoms with Gasteiger partial charge in [0.2, 0.25) is 0 Å². The van der Waals surface area contributed by atoms with Crippen molar-refractivity contribution in [2.24, 2.45) is 0 Å². The molecular formula is C21H32N2O3. The molecule has 3 rings (SSSR count). The molecule has 2 aliphatic carbocycles. The van der Waals surface area contributed by atoms with Crippen LogP contribution < -0.4 is 15.2 Å². The van der Waals surface area contributed by atoms with Gasteiger partial charge in [-0.25, -0.2) is 0 Å². The van der Waals surface area contributed by atoms with Gasteiger partial charge >= 0.3 is 0 Å². The van der Waals surface area contributed by atoms with E-state index in [1.54, 1.807) is 25.3 Å². The minimum Gasteiger partial charge on any atom is -0.493 e. The quantitative estimate of drug-likeness (QED) is 0.774. The molecule has 26 heavy (non-hydrogen) atoms. The Balaban J connectivity index is 1.69. The Kier molecular flexibility index (Phi) is 6.64. The molecule has 2 saturated carbocycles. The predicted molar refractivity (Wildman–Crippen MR) is 103 cm³/mol. The Morgan fingerprint density at radius 2 is 1.58 bits per heavy atom. The number of benzene rings is 1. The smallest absolute Gasteiger partial charge is 0.261 e. The summed E-state index contributed by atoms with van der Waals surface area (Å²) in [7, 11) is 1.59. The van der Waals surface area contributed by atoms with Gasteiger partial charge in [0.1, 0.15) is 0 Å². The maximum atomic E-state index is 13.1. The standard InChI is InChI=1S/C21H32N2O3/c1-25-19-13-12-16(22)14-20(19)26-15-21(24)23(17-8-4-2-5-9-17)18-10-6-3-7-11-18/h12-14,17-18H,2-11,15,22H2,1H3. The van der Waals surface area contributed by atoms with Crippen LogP contribution in [0.2, 0.25) is 0 Å². The summed E-state index contributed by atoms with van der Waals surface area (Å²) in [5.74, 6) is 1.25. The highest BCUT2D eigenvalue weighted by Crippen LogP contribution is 2.32. The van der Waals surface area contributed by atoms with Crippen LogP contribution in [0.4, 0.5) is 5.69 Å². The lowest BCUT2D eigenvalue weighted by molar-refractivity contribution is -0.140. The molecule has 2 aliphatic rings. The van der Waals surface area contributed by atoms with Gasteiger partial charge in [-0.1, -0.05) is 38.5 Å². The van der Waals surface area contributed by atoms with Gasteiger partial charge in [0.05, 0.1) is 7.11 Å². The molecule has 1 aromatic carbocycles. The summed E-state index contributed by atoms with van der Waals surface area (Å²) in [6, 6.07) is 6.02. The molecule has 0 atom stereocenters. The van der Waals surface area contributed by atoms with Crippen molar-refractivity contribution in [3.63, 3.8) is 0 Å². The molecule has 2 N–H and O–H groups in total. The average Bonchev–Trinajstić information content (AvgIpc) is 2.68. The minimum absolute atomic E-state index is 0.0484. The number of hydrogen-bond donors (Lipinski definition) is 1. The van der Waals surface area contributed by atoms with E-state index in [2.05, 4.69) is 4.90 Å². The van der Waals surface area contributed by atoms with Crippen molar-refractivity contribution in [3.05, 3.63) is 18.2 Å². The number of anilines is 1. The lowest BCUT2D eigenvalue weighted by atomic mass is 9.88. The van der Waals surface area contributed by atoms with Gasteiger partial charge in [0, 0.05) is 23.8 Å². The summed E-state index contributed by atoms with van der Waals surface area (Å²) in [5.41, 5.74) is 6.45. The first kappa shape index (κ1) is 18.9. The Morgan fingerprint density at radius 3 is 2.12 bits per heavy atom. The van der Waals surface area contributed by atoms with E-state index in [0.29, 0.717) is 29.3 Å². The third-order valence-corrected chi connectivity index (χ3v) is 5.76. The van der Waals surface area contributed by atoms with E-state index >= 15 is 0 Å². The Labute approximate surface area is 156 Å². The number of nitrogens with two attached hydrogens (primary N) is 1. The number of methoxy groups -OCH3 is 1. The zero-order valence-corrected chi connectivity index (χ0v) is 15.9. The number of amides is 1. The third kappa shape index (κ3) is 4.63. The lowest BCUT2D eigenvalue weighted by Crippen LogP contribution is -2.50. The van der Waals surface area contributed by atoms with Crippen molar-refractivity contribution in [3.8, 4) is 11.5 Å². The summed E-state index contributed by atoms with van der Waals surface area (Å²) >= 11 is 0. The third-order valence-electron chi connectivity index (χ3n) is 5.76. The zero-order chi connectivity index (χ0) is 18.4. The molecule has 5 heteroatoms. The Bertz CT molecular complexity index is 575. The highest BCUT2D eigenvalue weighted by Gasteiger charge is 2.32. The fraction of sp³-hybridized carbons (Fsp3) is 0.667. The fourth-order valence-corrected chi connectivity index (χ4v) is 4.44. The normalized spacial score (nSPS) is 19.1. The van der Waals surface area contributed by atoms with Crippen molar-refractivity contribution in [1.29, 1.82) is 0 Å². The van der Waals surface area contributed by atoms with E-state index < -0.39 is 0 Å². The van der Waals surface area contributed by atoms with Crippen LogP contribution in [0.1, 0.15) is 64.2 Å². The molecule has 0 bridgehead atoms. The van der Waals surface area contributed by atoms with Crippen molar-refractivity contribution in [1.82, 2.24) is 4.90 Å². The maximum absolute atomic E-state index is 13.1. The van der Waals surface area contributed by atoms with E-state index in [1.807, 2.05) is 0 Å². The van der Waals surface area contributed by atoms with Crippen LogP contribution in [0.25, 0.3) is 0 Å². The minimum atomic E-state index is 0.0484. The van der Waals surface area contributed by atoms with Crippen molar-refractivity contribution in [2.45, 2.75) is 76.3 Å². The molecular weight excluding hydrogens is 328 g/mol. The summed E-state index contributed by atoms with van der Waals surface area (Å²) in [4.78, 5) is 15.3. The molecule has 0 unspecified atom stereocenters. The average molecular weight is 360 g/mol. The molecule has 0 aromatic heterocycles. The first-order valence-corrected chi connectivity index (χ1v) is 10.1. The molecule has 5 nitrogen and oxygen atoms in total. The van der Waals surface area contributed by atoms with Crippen molar-refractivity contribution in [2.75, 3.05) is 19.5 Å². The second kappa shape index (κ2) is 9.15. The molecule has 0 heterocycles. The van der Waals surface area contributed by atoms with Crippen LogP contribution >= 0.6 is 0 Å². The van der Waals surface area contributed by atoms with E-state index in [0.717, 1.165) is 25.7 Å². The number of nitrogens with zero attached hydrogens (tertiary/aromatic N) is 1. The van der Waals surface area contributed by atoms with Crippen molar-refractivity contribution < 1.29 is 14.3 Å². The van der Waals surface area contributed by atoms with Crippen LogP contribution in [0.3, 0.4) is 0 Å². The number of carbonyl (C=O) groups excluding carboxylic acids is 1. The molecule has 1 amide bonds. The van der Waals surface area contributed by atoms with Crippen LogP contribution in [-0.4, -0.2) is 36.6 Å². The summed E-state index contributed by atoms with van der Waals surface area (Å²) in [6.07, 6.45) is 12.0. The summed E-state index contributed by atoms with van der Waals surface area (Å²) in [5, 5.41) is 0. The molecule has 144 valence electrons. The molecule has 2 fully saturated rings. The van der Waals surface area contributed by atoms with E-state index in [-0.39, 0.29) is 12.5 Å². The van der Waals surface area contributed by atoms with E-state index in [9.17, 15) is 4.79 Å². The number of nitrogen functional groups attached to an aromatic ring is 1. The van der Waals surface area contributed by atoms with Gasteiger partial charge in [-0.05, 0) is 37.8 Å². The van der Waals surface area contributed by atoms with Crippen molar-refractivity contribution >= 4 is 11.6 Å². The maximum Gasteiger partial charge on any atom is 0.261 e. The van der Waals surface area contributed by atoms with Crippen LogP contribution in [-0.2, 0) is 4.79 Å². The second-order valence-corrected chi connectivity index (χ2v) is 7.58. The first-order valence-electron chi connectivity index (χ1n) is 10.1. The number of hydrogen-bond acceptors (Lipinski definition) is 4. The monoisotopic (exact) mass is 360 g/mol. The highest BCUT2D eigenvalue weighted by atomic mass is 16.5. The SMILES string of the molecule is COc1ccc(N)cc1OCC(=O)N(C1CCCCC1)C1CCCCC1. The highest BCUT2D eigenvalue weighted by molar-refractivity contribution is 5.78. The lowest BCUT2D eigenvalue weighted by Gasteiger charge is -2.41. The Hall–Kier alpha value is -1.91. The number of carbonyl (C=O) groups is 1. The van der Waals surface area contributed by atoms with Gasteiger partial charge in [-0.2, -0.15) is 0 Å². The van der Waals surface area contributed by atoms with Crippen LogP contribution in [0.5, 0.6) is 11.5 Å². The molecule has 0 radical (unpaired) electrons. The molecule has 0 aliphatic heterocycles. The molecule has 0 saturated heterocycles. The topological polar surface area (TPSA) is 64.8 Å². The number of ether oxygens (including phenoxy) is 2. The summed E-state index contributed by atoms with van der Waals surface area (Å²) < 4.78 is 11.2. The van der Waals surface area contributed by atoms with Gasteiger partial charge in [-0.15, -0.1) is 0 Å². The van der Waals surface area contributed by atoms with E-state index in [1.165, 1.54) is 38.5 Å². The van der Waals surface area contributed by atoms with Gasteiger partial charge in [-0.3, -0.25) is 4.79 Å². The first-order chi connectivity index (χ1) is 12.7. The zero-order valence-electron chi connectivity index (χ0n) is 15.9. The fourth-order valence-electron chi connectivity index (χ4n) is 4.44. The van der Waals surface area contributed by atoms with Crippen LogP contribution in [0, 0.1) is 0 Å². The predicted octanol–water partition coefficient (Wildman–Crippen LogP) is 4.15. The van der Waals surface area contributed by atoms with Gasteiger partial charge < -0.3 is 20.1 Å². The van der Waals surface area contributed by atoms with Gasteiger partial charge in [0.25, 0.3) is 5.91 Å². The summed E-state index contributed by atoms with van der Waals surface area (Å²) in [6.45, 7) is 0.0484. The van der Waals surface area contributed by atoms with E-state index in [4.69, 9.17) is 15.2 Å². The second-order valence-electron chi connectivity index (χ2n) is 7.58.